The van der Waals surface area contributed by atoms with Crippen LogP contribution in [-0.4, -0.2) is 31.3 Å². The molecule has 0 aliphatic heterocycles. The van der Waals surface area contributed by atoms with E-state index in [4.69, 9.17) is 4.74 Å². The Hall–Kier alpha value is -0.620. The summed E-state index contributed by atoms with van der Waals surface area (Å²) >= 11 is 0. The minimum absolute atomic E-state index is 0.202. The predicted octanol–water partition coefficient (Wildman–Crippen LogP) is 2.07. The van der Waals surface area contributed by atoms with Gasteiger partial charge >= 0.3 is 5.97 Å². The molecule has 5 nitrogen and oxygen atoms in total. The van der Waals surface area contributed by atoms with Crippen molar-refractivity contribution in [3.05, 3.63) is 0 Å². The second kappa shape index (κ2) is 7.74. The average Bonchev–Trinajstić information content (AvgIpc) is 2.25. The molecular weight excluding hydrogens is 256 g/mol. The summed E-state index contributed by atoms with van der Waals surface area (Å²) in [4.78, 5) is 11.6. The molecule has 0 rings (SSSR count). The summed E-state index contributed by atoms with van der Waals surface area (Å²) < 4.78 is 36.1. The van der Waals surface area contributed by atoms with Crippen LogP contribution >= 0.6 is 0 Å². The number of unbranched alkanes of at least 4 members (excludes halogenated alkanes) is 3. The molecule has 0 bridgehead atoms. The van der Waals surface area contributed by atoms with Crippen molar-refractivity contribution >= 4 is 16.1 Å². The average molecular weight is 279 g/mol. The lowest BCUT2D eigenvalue weighted by atomic mass is 9.91. The zero-order valence-electron chi connectivity index (χ0n) is 11.4. The van der Waals surface area contributed by atoms with Crippen molar-refractivity contribution in [3.63, 3.8) is 0 Å². The molecule has 0 heterocycles. The molecule has 6 heteroatoms. The van der Waals surface area contributed by atoms with Gasteiger partial charge in [-0.3, -0.25) is 4.79 Å². The first-order valence-corrected chi connectivity index (χ1v) is 7.87. The summed E-state index contributed by atoms with van der Waals surface area (Å²) in [5.41, 5.74) is -0.448. The third-order valence-electron chi connectivity index (χ3n) is 2.96. The fourth-order valence-corrected chi connectivity index (χ4v) is 1.80. The van der Waals surface area contributed by atoms with Gasteiger partial charge in [-0.25, -0.2) is 8.42 Å². The molecule has 0 aromatic rings. The topological polar surface area (TPSA) is 83.5 Å². The maximum Gasteiger partial charge on any atom is 0.311 e. The summed E-state index contributed by atoms with van der Waals surface area (Å²) in [6, 6.07) is 0. The smallest absolute Gasteiger partial charge is 0.311 e. The van der Waals surface area contributed by atoms with Gasteiger partial charge in [-0.1, -0.05) is 19.8 Å². The molecule has 0 aliphatic rings. The number of hydrogen-bond acceptors (Lipinski definition) is 5. The second-order valence-electron chi connectivity index (χ2n) is 5.05. The number of carbonyl (C=O) groups is 1. The van der Waals surface area contributed by atoms with E-state index in [0.29, 0.717) is 25.9 Å². The highest BCUT2D eigenvalue weighted by molar-refractivity contribution is 7.85. The lowest BCUT2D eigenvalue weighted by molar-refractivity contribution is -0.154. The molecule has 18 heavy (non-hydrogen) atoms. The Morgan fingerprint density at radius 2 is 1.72 bits per heavy atom. The van der Waals surface area contributed by atoms with E-state index in [9.17, 15) is 17.8 Å². The zero-order chi connectivity index (χ0) is 14.2. The Morgan fingerprint density at radius 1 is 1.17 bits per heavy atom. The van der Waals surface area contributed by atoms with Crippen LogP contribution in [0.4, 0.5) is 0 Å². The highest BCUT2D eigenvalue weighted by atomic mass is 32.2. The van der Waals surface area contributed by atoms with Gasteiger partial charge in [-0.05, 0) is 33.1 Å². The summed E-state index contributed by atoms with van der Waals surface area (Å²) in [5, 5.41) is 0. The summed E-state index contributed by atoms with van der Waals surface area (Å²) in [6.45, 7) is 5.97. The highest BCUT2D eigenvalue weighted by Crippen LogP contribution is 2.21. The van der Waals surface area contributed by atoms with Crippen molar-refractivity contribution in [1.82, 2.24) is 0 Å². The Morgan fingerprint density at radius 3 is 2.22 bits per heavy atom. The first-order valence-electron chi connectivity index (χ1n) is 6.30. The first kappa shape index (κ1) is 17.4. The van der Waals surface area contributed by atoms with E-state index in [-0.39, 0.29) is 11.7 Å². The van der Waals surface area contributed by atoms with Crippen molar-refractivity contribution in [2.24, 2.45) is 5.41 Å². The third-order valence-corrected chi connectivity index (χ3v) is 3.75. The molecular formula is C12H23O5S-. The van der Waals surface area contributed by atoms with Gasteiger partial charge in [0.25, 0.3) is 0 Å². The van der Waals surface area contributed by atoms with Crippen LogP contribution in [0.25, 0.3) is 0 Å². The van der Waals surface area contributed by atoms with Crippen LogP contribution in [-0.2, 0) is 19.6 Å². The molecule has 0 saturated carbocycles. The van der Waals surface area contributed by atoms with E-state index in [1.54, 1.807) is 0 Å². The minimum Gasteiger partial charge on any atom is -0.748 e. The van der Waals surface area contributed by atoms with Crippen molar-refractivity contribution < 1.29 is 22.5 Å². The van der Waals surface area contributed by atoms with E-state index in [1.165, 1.54) is 0 Å². The largest absolute Gasteiger partial charge is 0.748 e. The van der Waals surface area contributed by atoms with Crippen molar-refractivity contribution in [1.29, 1.82) is 0 Å². The minimum atomic E-state index is -4.09. The van der Waals surface area contributed by atoms with E-state index in [1.807, 2.05) is 20.8 Å². The molecule has 0 saturated heterocycles. The molecule has 0 amide bonds. The normalized spacial score (nSPS) is 12.4. The molecule has 0 aliphatic carbocycles. The van der Waals surface area contributed by atoms with Crippen LogP contribution in [0.5, 0.6) is 0 Å². The van der Waals surface area contributed by atoms with Crippen LogP contribution in [0, 0.1) is 5.41 Å². The Kier molecular flexibility index (Phi) is 7.47. The van der Waals surface area contributed by atoms with Gasteiger partial charge in [-0.2, -0.15) is 0 Å². The van der Waals surface area contributed by atoms with E-state index in [0.717, 1.165) is 12.8 Å². The molecule has 0 aromatic carbocycles. The number of esters is 1. The highest BCUT2D eigenvalue weighted by Gasteiger charge is 2.26. The van der Waals surface area contributed by atoms with Gasteiger partial charge < -0.3 is 9.29 Å². The lowest BCUT2D eigenvalue weighted by Crippen LogP contribution is -2.26. The number of carbonyl (C=O) groups excluding carboxylic acids is 1. The van der Waals surface area contributed by atoms with Crippen molar-refractivity contribution in [2.45, 2.75) is 52.9 Å². The zero-order valence-corrected chi connectivity index (χ0v) is 12.2. The summed E-state index contributed by atoms with van der Waals surface area (Å²) in [7, 11) is -4.09. The van der Waals surface area contributed by atoms with Gasteiger partial charge in [0.2, 0.25) is 0 Å². The monoisotopic (exact) mass is 279 g/mol. The maximum absolute atomic E-state index is 11.6. The summed E-state index contributed by atoms with van der Waals surface area (Å²) in [6.07, 6.45) is 3.23. The van der Waals surface area contributed by atoms with Crippen molar-refractivity contribution in [3.8, 4) is 0 Å². The molecule has 0 fully saturated rings. The third kappa shape index (κ3) is 8.47. The van der Waals surface area contributed by atoms with Gasteiger partial charge in [0, 0.05) is 5.75 Å². The van der Waals surface area contributed by atoms with Crippen LogP contribution < -0.4 is 0 Å². The Labute approximate surface area is 110 Å². The van der Waals surface area contributed by atoms with Crippen LogP contribution in [0.3, 0.4) is 0 Å². The molecule has 0 N–H and O–H groups in total. The molecule has 0 unspecified atom stereocenters. The Bertz CT molecular complexity index is 345. The lowest BCUT2D eigenvalue weighted by Gasteiger charge is -2.20. The number of rotatable bonds is 9. The quantitative estimate of drug-likeness (QED) is 0.366. The molecule has 0 aromatic heterocycles. The summed E-state index contributed by atoms with van der Waals surface area (Å²) in [5.74, 6) is -0.512. The Balaban J connectivity index is 3.55. The number of ether oxygens (including phenoxy) is 1. The molecule has 0 spiro atoms. The molecule has 0 atom stereocenters. The van der Waals surface area contributed by atoms with Gasteiger partial charge in [0.05, 0.1) is 22.1 Å². The second-order valence-corrected chi connectivity index (χ2v) is 6.57. The number of hydrogen-bond donors (Lipinski definition) is 0. The molecule has 108 valence electrons. The maximum atomic E-state index is 11.6. The van der Waals surface area contributed by atoms with E-state index in [2.05, 4.69) is 0 Å². The van der Waals surface area contributed by atoms with Gasteiger partial charge in [0.15, 0.2) is 0 Å². The molecule has 0 radical (unpaired) electrons. The van der Waals surface area contributed by atoms with Crippen LogP contribution in [0.1, 0.15) is 52.9 Å². The van der Waals surface area contributed by atoms with Crippen LogP contribution in [0.15, 0.2) is 0 Å². The van der Waals surface area contributed by atoms with Gasteiger partial charge in [0.1, 0.15) is 0 Å². The SMILES string of the molecule is CCC(C)(C)C(=O)OCCCCCCS(=O)(=O)[O-]. The predicted molar refractivity (Wildman–Crippen MR) is 68.1 cm³/mol. The van der Waals surface area contributed by atoms with E-state index >= 15 is 0 Å². The standard InChI is InChI=1S/C12H24O5S/c1-4-12(2,3)11(13)17-9-7-5-6-8-10-18(14,15)16/h4-10H2,1-3H3,(H,14,15,16)/p-1. The fraction of sp³-hybridized carbons (Fsp3) is 0.917. The van der Waals surface area contributed by atoms with Crippen molar-refractivity contribution in [2.75, 3.05) is 12.4 Å². The van der Waals surface area contributed by atoms with E-state index < -0.39 is 15.5 Å². The first-order chi connectivity index (χ1) is 8.19. The van der Waals surface area contributed by atoms with Gasteiger partial charge in [-0.15, -0.1) is 0 Å². The van der Waals surface area contributed by atoms with Crippen LogP contribution in [0.2, 0.25) is 0 Å². The fourth-order valence-electron chi connectivity index (χ4n) is 1.24.